The van der Waals surface area contributed by atoms with Crippen LogP contribution in [0.5, 0.6) is 0 Å². The van der Waals surface area contributed by atoms with Gasteiger partial charge < -0.3 is 4.57 Å². The van der Waals surface area contributed by atoms with Gasteiger partial charge in [-0.25, -0.2) is 0 Å². The first-order valence-corrected chi connectivity index (χ1v) is 13.4. The number of hydrogen-bond donors (Lipinski definition) is 0. The van der Waals surface area contributed by atoms with E-state index < -0.39 is 0 Å². The van der Waals surface area contributed by atoms with E-state index in [0.717, 1.165) is 0 Å². The molecule has 1 nitrogen and oxygen atoms in total. The normalized spacial score (nSPS) is 13.7. The van der Waals surface area contributed by atoms with Crippen molar-refractivity contribution in [3.05, 3.63) is 139 Å². The third kappa shape index (κ3) is 2.82. The minimum atomic E-state index is -0.0851. The second kappa shape index (κ2) is 7.69. The van der Waals surface area contributed by atoms with Gasteiger partial charge in [-0.2, -0.15) is 0 Å². The van der Waals surface area contributed by atoms with E-state index in [1.165, 1.54) is 71.6 Å². The first-order valence-electron chi connectivity index (χ1n) is 13.4. The average Bonchev–Trinajstić information content (AvgIpc) is 3.43. The van der Waals surface area contributed by atoms with Crippen LogP contribution in [0.15, 0.2) is 127 Å². The standard InChI is InChI=1S/C37H27N/c1-37(2)32-14-8-6-12-28(32)30-22-18-26-19-23-31-29-13-7-9-15-33(29)38(36(31)34(26)35(30)37)27-20-16-25(17-21-27)24-10-4-3-5-11-24/h3-23H,1-2H3. The highest BCUT2D eigenvalue weighted by molar-refractivity contribution is 6.21. The highest BCUT2D eigenvalue weighted by Crippen LogP contribution is 2.53. The largest absolute Gasteiger partial charge is 0.309 e. The molecule has 1 heteroatoms. The minimum absolute atomic E-state index is 0.0851. The Morgan fingerprint density at radius 2 is 1.21 bits per heavy atom. The van der Waals surface area contributed by atoms with Crippen molar-refractivity contribution in [2.24, 2.45) is 0 Å². The quantitative estimate of drug-likeness (QED) is 0.230. The fourth-order valence-electron chi connectivity index (χ4n) is 6.84. The first kappa shape index (κ1) is 21.5. The van der Waals surface area contributed by atoms with E-state index in [4.69, 9.17) is 0 Å². The van der Waals surface area contributed by atoms with Crippen molar-refractivity contribution in [1.82, 2.24) is 4.57 Å². The van der Waals surface area contributed by atoms with E-state index in [1.807, 2.05) is 0 Å². The zero-order valence-corrected chi connectivity index (χ0v) is 21.6. The molecule has 0 radical (unpaired) electrons. The van der Waals surface area contributed by atoms with Crippen molar-refractivity contribution in [2.45, 2.75) is 19.3 Å². The van der Waals surface area contributed by atoms with Gasteiger partial charge in [-0.3, -0.25) is 0 Å². The van der Waals surface area contributed by atoms with Gasteiger partial charge in [-0.15, -0.1) is 0 Å². The fraction of sp³-hybridized carbons (Fsp3) is 0.0811. The van der Waals surface area contributed by atoms with E-state index in [9.17, 15) is 0 Å². The lowest BCUT2D eigenvalue weighted by molar-refractivity contribution is 0.666. The molecule has 0 N–H and O–H groups in total. The highest BCUT2D eigenvalue weighted by Gasteiger charge is 2.37. The van der Waals surface area contributed by atoms with E-state index in [-0.39, 0.29) is 5.41 Å². The van der Waals surface area contributed by atoms with Crippen molar-refractivity contribution in [3.63, 3.8) is 0 Å². The second-order valence-electron chi connectivity index (χ2n) is 11.0. The molecule has 0 saturated heterocycles. The lowest BCUT2D eigenvalue weighted by atomic mass is 9.80. The molecular weight excluding hydrogens is 458 g/mol. The predicted molar refractivity (Wildman–Crippen MR) is 161 cm³/mol. The number of benzene rings is 6. The molecule has 0 aliphatic heterocycles. The molecule has 0 spiro atoms. The van der Waals surface area contributed by atoms with Crippen LogP contribution in [0.3, 0.4) is 0 Å². The molecular formula is C37H27N. The average molecular weight is 486 g/mol. The van der Waals surface area contributed by atoms with E-state index in [2.05, 4.69) is 146 Å². The van der Waals surface area contributed by atoms with Crippen LogP contribution in [0.1, 0.15) is 25.0 Å². The summed E-state index contributed by atoms with van der Waals surface area (Å²) in [5.74, 6) is 0. The van der Waals surface area contributed by atoms with Gasteiger partial charge in [0, 0.05) is 27.3 Å². The summed E-state index contributed by atoms with van der Waals surface area (Å²) in [6, 6.07) is 46.7. The van der Waals surface area contributed by atoms with Gasteiger partial charge in [-0.05, 0) is 57.0 Å². The maximum atomic E-state index is 2.49. The topological polar surface area (TPSA) is 4.93 Å². The molecule has 0 fully saturated rings. The molecule has 180 valence electrons. The van der Waals surface area contributed by atoms with Gasteiger partial charge in [0.1, 0.15) is 0 Å². The molecule has 0 atom stereocenters. The number of para-hydroxylation sites is 1. The van der Waals surface area contributed by atoms with Crippen molar-refractivity contribution in [3.8, 4) is 27.9 Å². The number of rotatable bonds is 2. The third-order valence-electron chi connectivity index (χ3n) is 8.57. The van der Waals surface area contributed by atoms with Crippen molar-refractivity contribution < 1.29 is 0 Å². The molecule has 1 aliphatic rings. The SMILES string of the molecule is CC1(C)c2ccccc2-c2ccc3ccc4c5ccccc5n(-c5ccc(-c6ccccc6)cc5)c4c3c21. The summed E-state index contributed by atoms with van der Waals surface area (Å²) in [5, 5.41) is 5.26. The van der Waals surface area contributed by atoms with Crippen LogP contribution in [-0.4, -0.2) is 4.57 Å². The zero-order valence-electron chi connectivity index (χ0n) is 21.6. The summed E-state index contributed by atoms with van der Waals surface area (Å²) >= 11 is 0. The second-order valence-corrected chi connectivity index (χ2v) is 11.0. The summed E-state index contributed by atoms with van der Waals surface area (Å²) in [4.78, 5) is 0. The molecule has 0 bridgehead atoms. The van der Waals surface area contributed by atoms with Gasteiger partial charge in [0.15, 0.2) is 0 Å². The molecule has 1 aromatic heterocycles. The number of aromatic nitrogens is 1. The smallest absolute Gasteiger partial charge is 0.0622 e. The van der Waals surface area contributed by atoms with E-state index in [1.54, 1.807) is 0 Å². The number of fused-ring (bicyclic) bond motifs is 9. The van der Waals surface area contributed by atoms with Gasteiger partial charge in [0.25, 0.3) is 0 Å². The monoisotopic (exact) mass is 485 g/mol. The summed E-state index contributed by atoms with van der Waals surface area (Å²) < 4.78 is 2.49. The first-order chi connectivity index (χ1) is 18.6. The number of hydrogen-bond acceptors (Lipinski definition) is 0. The lowest BCUT2D eigenvalue weighted by Crippen LogP contribution is -2.15. The molecule has 0 amide bonds. The summed E-state index contributed by atoms with van der Waals surface area (Å²) in [5.41, 5.74) is 11.7. The van der Waals surface area contributed by atoms with E-state index >= 15 is 0 Å². The molecule has 0 unspecified atom stereocenters. The van der Waals surface area contributed by atoms with Crippen LogP contribution in [0.4, 0.5) is 0 Å². The minimum Gasteiger partial charge on any atom is -0.309 e. The Morgan fingerprint density at radius 1 is 0.526 bits per heavy atom. The molecule has 7 aromatic rings. The Hall–Kier alpha value is -4.62. The molecule has 6 aromatic carbocycles. The molecule has 8 rings (SSSR count). The summed E-state index contributed by atoms with van der Waals surface area (Å²) in [6.07, 6.45) is 0. The van der Waals surface area contributed by atoms with Gasteiger partial charge >= 0.3 is 0 Å². The highest BCUT2D eigenvalue weighted by atomic mass is 15.0. The van der Waals surface area contributed by atoms with Crippen LogP contribution in [0.2, 0.25) is 0 Å². The number of nitrogens with zero attached hydrogens (tertiary/aromatic N) is 1. The molecule has 1 heterocycles. The van der Waals surface area contributed by atoms with E-state index in [0.29, 0.717) is 0 Å². The Balaban J connectivity index is 1.50. The maximum Gasteiger partial charge on any atom is 0.0622 e. The van der Waals surface area contributed by atoms with Crippen LogP contribution in [-0.2, 0) is 5.41 Å². The van der Waals surface area contributed by atoms with Gasteiger partial charge in [0.2, 0.25) is 0 Å². The van der Waals surface area contributed by atoms with Crippen molar-refractivity contribution in [2.75, 3.05) is 0 Å². The van der Waals surface area contributed by atoms with Crippen LogP contribution >= 0.6 is 0 Å². The Bertz CT molecular complexity index is 2020. The molecule has 38 heavy (non-hydrogen) atoms. The fourth-order valence-corrected chi connectivity index (χ4v) is 6.84. The van der Waals surface area contributed by atoms with Crippen LogP contribution in [0, 0.1) is 0 Å². The zero-order chi connectivity index (χ0) is 25.4. The van der Waals surface area contributed by atoms with Crippen LogP contribution in [0.25, 0.3) is 60.5 Å². The Morgan fingerprint density at radius 3 is 2.05 bits per heavy atom. The van der Waals surface area contributed by atoms with Crippen LogP contribution < -0.4 is 0 Å². The maximum absolute atomic E-state index is 2.49. The summed E-state index contributed by atoms with van der Waals surface area (Å²) in [7, 11) is 0. The predicted octanol–water partition coefficient (Wildman–Crippen LogP) is 9.91. The lowest BCUT2D eigenvalue weighted by Gasteiger charge is -2.24. The van der Waals surface area contributed by atoms with Crippen molar-refractivity contribution >= 4 is 32.6 Å². The molecule has 0 saturated carbocycles. The van der Waals surface area contributed by atoms with Gasteiger partial charge in [0.05, 0.1) is 11.0 Å². The molecule has 1 aliphatic carbocycles. The van der Waals surface area contributed by atoms with Crippen molar-refractivity contribution in [1.29, 1.82) is 0 Å². The third-order valence-corrected chi connectivity index (χ3v) is 8.57. The summed E-state index contributed by atoms with van der Waals surface area (Å²) in [6.45, 7) is 4.77. The Kier molecular flexibility index (Phi) is 4.35. The van der Waals surface area contributed by atoms with Gasteiger partial charge in [-0.1, -0.05) is 123 Å². The Labute approximate surface area is 222 Å².